The zero-order valence-corrected chi connectivity index (χ0v) is 17.5. The van der Waals surface area contributed by atoms with Crippen LogP contribution in [0.1, 0.15) is 38.0 Å². The number of benzene rings is 2. The normalized spacial score (nSPS) is 15.7. The van der Waals surface area contributed by atoms with Crippen LogP contribution in [-0.4, -0.2) is 35.4 Å². The highest BCUT2D eigenvalue weighted by atomic mass is 32.1. The van der Waals surface area contributed by atoms with E-state index in [1.807, 2.05) is 62.4 Å². The van der Waals surface area contributed by atoms with Crippen molar-refractivity contribution in [2.24, 2.45) is 0 Å². The molecule has 2 aromatic carbocycles. The Kier molecular flexibility index (Phi) is 5.20. The van der Waals surface area contributed by atoms with Crippen LogP contribution in [0.4, 0.5) is 0 Å². The molecule has 148 valence electrons. The Labute approximate surface area is 174 Å². The molecule has 5 nitrogen and oxygen atoms in total. The quantitative estimate of drug-likeness (QED) is 0.607. The fraction of sp³-hybridized carbons (Fsp3) is 0.261. The van der Waals surface area contributed by atoms with E-state index in [2.05, 4.69) is 4.98 Å². The topological polar surface area (TPSA) is 59.5 Å². The molecule has 3 aromatic rings. The lowest BCUT2D eigenvalue weighted by atomic mass is 9.89. The van der Waals surface area contributed by atoms with Crippen LogP contribution in [0.5, 0.6) is 0 Å². The second-order valence-corrected chi connectivity index (χ2v) is 8.21. The van der Waals surface area contributed by atoms with Crippen LogP contribution in [0.2, 0.25) is 0 Å². The molecule has 1 aliphatic heterocycles. The number of fused-ring (bicyclic) bond motifs is 1. The summed E-state index contributed by atoms with van der Waals surface area (Å²) in [6.45, 7) is 4.68. The molecular weight excluding hydrogens is 384 g/mol. The number of methoxy groups -OCH3 is 1. The second-order valence-electron chi connectivity index (χ2n) is 7.21. The van der Waals surface area contributed by atoms with E-state index < -0.39 is 5.92 Å². The molecule has 1 unspecified atom stereocenters. The van der Waals surface area contributed by atoms with E-state index in [0.29, 0.717) is 23.7 Å². The van der Waals surface area contributed by atoms with E-state index >= 15 is 0 Å². The van der Waals surface area contributed by atoms with Gasteiger partial charge >= 0.3 is 5.97 Å². The van der Waals surface area contributed by atoms with Crippen LogP contribution in [0.3, 0.4) is 0 Å². The lowest BCUT2D eigenvalue weighted by Gasteiger charge is -2.33. The Balaban J connectivity index is 1.67. The molecule has 0 spiro atoms. The van der Waals surface area contributed by atoms with Crippen LogP contribution >= 0.6 is 11.3 Å². The van der Waals surface area contributed by atoms with Gasteiger partial charge in [0.2, 0.25) is 0 Å². The van der Waals surface area contributed by atoms with Crippen molar-refractivity contribution in [1.29, 1.82) is 0 Å². The third-order valence-corrected chi connectivity index (χ3v) is 6.51. The average Bonchev–Trinajstić information content (AvgIpc) is 3.13. The van der Waals surface area contributed by atoms with E-state index in [-0.39, 0.29) is 11.9 Å². The Hall–Kier alpha value is -2.99. The van der Waals surface area contributed by atoms with Crippen molar-refractivity contribution in [3.05, 3.63) is 75.8 Å². The highest BCUT2D eigenvalue weighted by Gasteiger charge is 2.34. The number of aromatic nitrogens is 1. The summed E-state index contributed by atoms with van der Waals surface area (Å²) in [5.74, 6) is -0.891. The molecule has 0 bridgehead atoms. The van der Waals surface area contributed by atoms with Gasteiger partial charge < -0.3 is 9.64 Å². The molecule has 0 saturated carbocycles. The Bertz CT molecular complexity index is 1090. The number of hydrogen-bond acceptors (Lipinski definition) is 5. The number of carbonyl (C=O) groups excluding carboxylic acids is 2. The maximum Gasteiger partial charge on any atom is 0.314 e. The molecule has 0 N–H and O–H groups in total. The van der Waals surface area contributed by atoms with Crippen LogP contribution in [-0.2, 0) is 16.1 Å². The Morgan fingerprint density at radius 1 is 1.10 bits per heavy atom. The largest absolute Gasteiger partial charge is 0.468 e. The van der Waals surface area contributed by atoms with Crippen molar-refractivity contribution in [2.45, 2.75) is 26.3 Å². The van der Waals surface area contributed by atoms with Crippen LogP contribution < -0.4 is 0 Å². The predicted molar refractivity (Wildman–Crippen MR) is 113 cm³/mol. The number of nitrogens with zero attached hydrogens (tertiary/aromatic N) is 2. The van der Waals surface area contributed by atoms with Gasteiger partial charge in [-0.05, 0) is 30.5 Å². The van der Waals surface area contributed by atoms with E-state index in [9.17, 15) is 9.59 Å². The number of thiazole rings is 1. The third kappa shape index (κ3) is 3.56. The second kappa shape index (κ2) is 7.79. The summed E-state index contributed by atoms with van der Waals surface area (Å²) < 4.78 is 4.99. The first-order valence-corrected chi connectivity index (χ1v) is 10.3. The monoisotopic (exact) mass is 406 g/mol. The molecule has 6 heteroatoms. The number of hydrogen-bond donors (Lipinski definition) is 0. The first-order valence-electron chi connectivity index (χ1n) is 9.48. The van der Waals surface area contributed by atoms with Gasteiger partial charge in [0.25, 0.3) is 5.91 Å². The Morgan fingerprint density at radius 2 is 1.83 bits per heavy atom. The summed E-state index contributed by atoms with van der Waals surface area (Å²) in [6, 6.07) is 15.8. The smallest absolute Gasteiger partial charge is 0.314 e. The first-order chi connectivity index (χ1) is 14.0. The van der Waals surface area contributed by atoms with Crippen molar-refractivity contribution in [1.82, 2.24) is 9.88 Å². The Morgan fingerprint density at radius 3 is 2.59 bits per heavy atom. The molecule has 1 atom stereocenters. The molecule has 0 fully saturated rings. The van der Waals surface area contributed by atoms with Gasteiger partial charge in [0.1, 0.15) is 9.88 Å². The number of amides is 1. The molecule has 0 saturated heterocycles. The summed E-state index contributed by atoms with van der Waals surface area (Å²) >= 11 is 1.41. The van der Waals surface area contributed by atoms with Gasteiger partial charge in [-0.1, -0.05) is 48.5 Å². The molecule has 0 radical (unpaired) electrons. The van der Waals surface area contributed by atoms with E-state index in [4.69, 9.17) is 4.74 Å². The van der Waals surface area contributed by atoms with Crippen LogP contribution in [0, 0.1) is 13.8 Å². The minimum absolute atomic E-state index is 0.0942. The lowest BCUT2D eigenvalue weighted by Crippen LogP contribution is -2.40. The van der Waals surface area contributed by atoms with Crippen molar-refractivity contribution < 1.29 is 14.3 Å². The fourth-order valence-corrected chi connectivity index (χ4v) is 4.90. The zero-order chi connectivity index (χ0) is 20.5. The van der Waals surface area contributed by atoms with Gasteiger partial charge in [-0.2, -0.15) is 0 Å². The molecule has 0 aliphatic carbocycles. The lowest BCUT2D eigenvalue weighted by molar-refractivity contribution is -0.143. The molecule has 29 heavy (non-hydrogen) atoms. The van der Waals surface area contributed by atoms with Gasteiger partial charge in [0.15, 0.2) is 0 Å². The SMILES string of the molecule is COC(=O)C1CN(C(=O)c2sc(-c3ccccc3C)nc2C)Cc2ccccc21. The van der Waals surface area contributed by atoms with Gasteiger partial charge in [-0.25, -0.2) is 4.98 Å². The van der Waals surface area contributed by atoms with Gasteiger partial charge in [0, 0.05) is 18.7 Å². The van der Waals surface area contributed by atoms with Crippen LogP contribution in [0.25, 0.3) is 10.6 Å². The highest BCUT2D eigenvalue weighted by molar-refractivity contribution is 7.17. The number of ether oxygens (including phenoxy) is 1. The van der Waals surface area contributed by atoms with Gasteiger partial charge in [-0.15, -0.1) is 11.3 Å². The predicted octanol–water partition coefficient (Wildman–Crippen LogP) is 4.34. The van der Waals surface area contributed by atoms with Crippen molar-refractivity contribution in [3.8, 4) is 10.6 Å². The maximum atomic E-state index is 13.4. The zero-order valence-electron chi connectivity index (χ0n) is 16.6. The van der Waals surface area contributed by atoms with Crippen LogP contribution in [0.15, 0.2) is 48.5 Å². The summed E-state index contributed by atoms with van der Waals surface area (Å²) in [5, 5.41) is 0.839. The molecule has 2 heterocycles. The summed E-state index contributed by atoms with van der Waals surface area (Å²) in [4.78, 5) is 32.7. The number of esters is 1. The van der Waals surface area contributed by atoms with E-state index in [1.54, 1.807) is 4.90 Å². The standard InChI is InChI=1S/C23H22N2O3S/c1-14-8-4-6-10-17(14)21-24-15(2)20(29-21)22(26)25-12-16-9-5-7-11-18(16)19(13-25)23(27)28-3/h4-11,19H,12-13H2,1-3H3. The average molecular weight is 407 g/mol. The maximum absolute atomic E-state index is 13.4. The number of aryl methyl sites for hydroxylation is 2. The van der Waals surface area contributed by atoms with Gasteiger partial charge in [0.05, 0.1) is 18.7 Å². The summed E-state index contributed by atoms with van der Waals surface area (Å²) in [7, 11) is 1.38. The van der Waals surface area contributed by atoms with Gasteiger partial charge in [-0.3, -0.25) is 9.59 Å². The minimum atomic E-state index is -0.474. The number of carbonyl (C=O) groups is 2. The molecule has 1 amide bonds. The summed E-state index contributed by atoms with van der Waals surface area (Å²) in [5.41, 5.74) is 4.79. The first kappa shape index (κ1) is 19.3. The highest BCUT2D eigenvalue weighted by Crippen LogP contribution is 2.34. The third-order valence-electron chi connectivity index (χ3n) is 5.33. The van der Waals surface area contributed by atoms with Crippen molar-refractivity contribution >= 4 is 23.2 Å². The fourth-order valence-electron chi connectivity index (χ4n) is 3.77. The van der Waals surface area contributed by atoms with E-state index in [1.165, 1.54) is 18.4 Å². The summed E-state index contributed by atoms with van der Waals surface area (Å²) in [6.07, 6.45) is 0. The molecule has 4 rings (SSSR count). The van der Waals surface area contributed by atoms with E-state index in [0.717, 1.165) is 27.3 Å². The molecule has 1 aromatic heterocycles. The van der Waals surface area contributed by atoms with Crippen molar-refractivity contribution in [3.63, 3.8) is 0 Å². The molecular formula is C23H22N2O3S. The van der Waals surface area contributed by atoms with Crippen molar-refractivity contribution in [2.75, 3.05) is 13.7 Å². The molecule has 1 aliphatic rings. The number of rotatable bonds is 3. The minimum Gasteiger partial charge on any atom is -0.468 e.